The van der Waals surface area contributed by atoms with E-state index >= 15 is 0 Å². The number of carbonyl (C=O) groups excluding carboxylic acids is 2. The average Bonchev–Trinajstić information content (AvgIpc) is 2.78. The molecule has 1 aliphatic heterocycles. The second-order valence-electron chi connectivity index (χ2n) is 7.27. The minimum Gasteiger partial charge on any atom is -0.356 e. The molecule has 0 saturated carbocycles. The molecule has 1 fully saturated rings. The van der Waals surface area contributed by atoms with E-state index in [2.05, 4.69) is 10.3 Å². The van der Waals surface area contributed by atoms with E-state index in [1.807, 2.05) is 54.3 Å². The molecule has 148 valence electrons. The molecular weight excluding hydrogens is 364 g/mol. The quantitative estimate of drug-likeness (QED) is 0.744. The topological polar surface area (TPSA) is 75.2 Å². The van der Waals surface area contributed by atoms with Crippen molar-refractivity contribution in [1.29, 1.82) is 0 Å². The van der Waals surface area contributed by atoms with Crippen LogP contribution in [-0.4, -0.2) is 46.3 Å². The number of nitrogens with one attached hydrogen (secondary N) is 1. The minimum atomic E-state index is -0.0134. The summed E-state index contributed by atoms with van der Waals surface area (Å²) >= 11 is 0. The van der Waals surface area contributed by atoms with Crippen molar-refractivity contribution < 1.29 is 9.59 Å². The first-order valence-electron chi connectivity index (χ1n) is 10.0. The first-order chi connectivity index (χ1) is 14.2. The molecule has 3 aromatic rings. The standard InChI is InChI=1S/C23H24N4O2/c1-2-25-22(28)17-9-13-27(14-10-17)23(29)19-15-21(16-7-11-24-12-8-16)26-20-6-4-3-5-18(19)20/h3-8,11-12,15,17H,2,9-10,13-14H2,1H3,(H,25,28). The Morgan fingerprint density at radius 3 is 2.55 bits per heavy atom. The molecule has 3 heterocycles. The Morgan fingerprint density at radius 2 is 1.83 bits per heavy atom. The van der Waals surface area contributed by atoms with Crippen LogP contribution < -0.4 is 5.32 Å². The smallest absolute Gasteiger partial charge is 0.254 e. The Labute approximate surface area is 170 Å². The van der Waals surface area contributed by atoms with Gasteiger partial charge in [0, 0.05) is 48.9 Å². The number of hydrogen-bond donors (Lipinski definition) is 1. The van der Waals surface area contributed by atoms with E-state index in [9.17, 15) is 9.59 Å². The molecule has 2 aromatic heterocycles. The van der Waals surface area contributed by atoms with Crippen LogP contribution in [0, 0.1) is 5.92 Å². The van der Waals surface area contributed by atoms with E-state index in [0.717, 1.165) is 22.2 Å². The number of nitrogens with zero attached hydrogens (tertiary/aromatic N) is 3. The van der Waals surface area contributed by atoms with Crippen LogP contribution in [0.3, 0.4) is 0 Å². The summed E-state index contributed by atoms with van der Waals surface area (Å²) in [5, 5.41) is 3.73. The van der Waals surface area contributed by atoms with Gasteiger partial charge in [0.25, 0.3) is 5.91 Å². The molecule has 1 aromatic carbocycles. The Bertz CT molecular complexity index is 1030. The molecule has 0 atom stereocenters. The summed E-state index contributed by atoms with van der Waals surface area (Å²) in [5.41, 5.74) is 3.13. The number of fused-ring (bicyclic) bond motifs is 1. The van der Waals surface area contributed by atoms with Gasteiger partial charge in [-0.05, 0) is 44.0 Å². The molecule has 6 nitrogen and oxygen atoms in total. The van der Waals surface area contributed by atoms with Crippen molar-refractivity contribution >= 4 is 22.7 Å². The number of aromatic nitrogens is 2. The molecule has 0 aliphatic carbocycles. The summed E-state index contributed by atoms with van der Waals surface area (Å²) in [4.78, 5) is 36.1. The second-order valence-corrected chi connectivity index (χ2v) is 7.27. The Hall–Kier alpha value is -3.28. The third kappa shape index (κ3) is 3.97. The number of carbonyl (C=O) groups is 2. The molecular formula is C23H24N4O2. The van der Waals surface area contributed by atoms with Gasteiger partial charge in [0.1, 0.15) is 0 Å². The molecule has 4 rings (SSSR count). The van der Waals surface area contributed by atoms with Crippen molar-refractivity contribution in [3.8, 4) is 11.3 Å². The lowest BCUT2D eigenvalue weighted by Gasteiger charge is -2.31. The summed E-state index contributed by atoms with van der Waals surface area (Å²) in [6, 6.07) is 13.4. The van der Waals surface area contributed by atoms with Gasteiger partial charge in [0.2, 0.25) is 5.91 Å². The van der Waals surface area contributed by atoms with Gasteiger partial charge in [-0.3, -0.25) is 14.6 Å². The van der Waals surface area contributed by atoms with E-state index < -0.39 is 0 Å². The summed E-state index contributed by atoms with van der Waals surface area (Å²) in [6.45, 7) is 3.73. The van der Waals surface area contributed by atoms with Crippen molar-refractivity contribution in [1.82, 2.24) is 20.2 Å². The van der Waals surface area contributed by atoms with Crippen molar-refractivity contribution in [2.24, 2.45) is 5.92 Å². The third-order valence-corrected chi connectivity index (χ3v) is 5.43. The van der Waals surface area contributed by atoms with Gasteiger partial charge in [-0.2, -0.15) is 0 Å². The van der Waals surface area contributed by atoms with Crippen LogP contribution in [0.5, 0.6) is 0 Å². The molecule has 2 amide bonds. The van der Waals surface area contributed by atoms with Crippen LogP contribution in [0.1, 0.15) is 30.1 Å². The zero-order valence-electron chi connectivity index (χ0n) is 16.5. The van der Waals surface area contributed by atoms with Crippen LogP contribution in [0.2, 0.25) is 0 Å². The van der Waals surface area contributed by atoms with E-state index in [1.165, 1.54) is 0 Å². The summed E-state index contributed by atoms with van der Waals surface area (Å²) in [5.74, 6) is 0.0720. The van der Waals surface area contributed by atoms with E-state index in [1.54, 1.807) is 12.4 Å². The molecule has 0 unspecified atom stereocenters. The largest absolute Gasteiger partial charge is 0.356 e. The van der Waals surface area contributed by atoms with Crippen molar-refractivity contribution in [3.05, 3.63) is 60.4 Å². The number of likely N-dealkylation sites (tertiary alicyclic amines) is 1. The van der Waals surface area contributed by atoms with Crippen LogP contribution in [0.4, 0.5) is 0 Å². The summed E-state index contributed by atoms with van der Waals surface area (Å²) < 4.78 is 0. The lowest BCUT2D eigenvalue weighted by molar-refractivity contribution is -0.126. The number of para-hydroxylation sites is 1. The van der Waals surface area contributed by atoms with E-state index in [-0.39, 0.29) is 17.7 Å². The van der Waals surface area contributed by atoms with E-state index in [0.29, 0.717) is 38.0 Å². The highest BCUT2D eigenvalue weighted by Crippen LogP contribution is 2.27. The lowest BCUT2D eigenvalue weighted by Crippen LogP contribution is -2.43. The van der Waals surface area contributed by atoms with Crippen molar-refractivity contribution in [2.45, 2.75) is 19.8 Å². The fraction of sp³-hybridized carbons (Fsp3) is 0.304. The SMILES string of the molecule is CCNC(=O)C1CCN(C(=O)c2cc(-c3ccncc3)nc3ccccc23)CC1. The molecule has 1 N–H and O–H groups in total. The van der Waals surface area contributed by atoms with Crippen molar-refractivity contribution in [2.75, 3.05) is 19.6 Å². The highest BCUT2D eigenvalue weighted by molar-refractivity contribution is 6.07. The number of benzene rings is 1. The second kappa shape index (κ2) is 8.39. The van der Waals surface area contributed by atoms with Crippen LogP contribution >= 0.6 is 0 Å². The molecule has 0 bridgehead atoms. The van der Waals surface area contributed by atoms with Gasteiger partial charge in [0.05, 0.1) is 16.8 Å². The summed E-state index contributed by atoms with van der Waals surface area (Å²) in [6.07, 6.45) is 4.83. The van der Waals surface area contributed by atoms with Crippen LogP contribution in [-0.2, 0) is 4.79 Å². The van der Waals surface area contributed by atoms with E-state index in [4.69, 9.17) is 4.98 Å². The number of hydrogen-bond acceptors (Lipinski definition) is 4. The highest BCUT2D eigenvalue weighted by Gasteiger charge is 2.28. The maximum absolute atomic E-state index is 13.4. The van der Waals surface area contributed by atoms with Gasteiger partial charge >= 0.3 is 0 Å². The van der Waals surface area contributed by atoms with Gasteiger partial charge in [-0.25, -0.2) is 4.98 Å². The third-order valence-electron chi connectivity index (χ3n) is 5.43. The first kappa shape index (κ1) is 19.1. The van der Waals surface area contributed by atoms with Crippen LogP contribution in [0.25, 0.3) is 22.2 Å². The maximum Gasteiger partial charge on any atom is 0.254 e. The number of piperidine rings is 1. The zero-order chi connectivity index (χ0) is 20.2. The number of rotatable bonds is 4. The molecule has 6 heteroatoms. The molecule has 0 spiro atoms. The molecule has 1 aliphatic rings. The molecule has 0 radical (unpaired) electrons. The van der Waals surface area contributed by atoms with Gasteiger partial charge in [0.15, 0.2) is 0 Å². The minimum absolute atomic E-state index is 0.00624. The first-order valence-corrected chi connectivity index (χ1v) is 10.0. The number of pyridine rings is 2. The summed E-state index contributed by atoms with van der Waals surface area (Å²) in [7, 11) is 0. The fourth-order valence-electron chi connectivity index (χ4n) is 3.86. The predicted octanol–water partition coefficient (Wildman–Crippen LogP) is 3.29. The Kier molecular flexibility index (Phi) is 5.51. The van der Waals surface area contributed by atoms with Gasteiger partial charge in [-0.15, -0.1) is 0 Å². The highest BCUT2D eigenvalue weighted by atomic mass is 16.2. The Balaban J connectivity index is 1.63. The average molecular weight is 388 g/mol. The van der Waals surface area contributed by atoms with Crippen molar-refractivity contribution in [3.63, 3.8) is 0 Å². The van der Waals surface area contributed by atoms with Gasteiger partial charge < -0.3 is 10.2 Å². The fourth-order valence-corrected chi connectivity index (χ4v) is 3.86. The maximum atomic E-state index is 13.4. The zero-order valence-corrected chi connectivity index (χ0v) is 16.5. The molecule has 29 heavy (non-hydrogen) atoms. The van der Waals surface area contributed by atoms with Gasteiger partial charge in [-0.1, -0.05) is 18.2 Å². The van der Waals surface area contributed by atoms with Crippen LogP contribution in [0.15, 0.2) is 54.9 Å². The Morgan fingerprint density at radius 1 is 1.10 bits per heavy atom. The number of amides is 2. The lowest BCUT2D eigenvalue weighted by atomic mass is 9.95. The molecule has 1 saturated heterocycles. The normalized spacial score (nSPS) is 14.7. The predicted molar refractivity (Wildman–Crippen MR) is 112 cm³/mol. The monoisotopic (exact) mass is 388 g/mol.